The number of rotatable bonds is 10. The summed E-state index contributed by atoms with van der Waals surface area (Å²) in [6.45, 7) is 5.73. The maximum Gasteiger partial charge on any atom is 0.695 e. The Hall–Kier alpha value is -1.29. The summed E-state index contributed by atoms with van der Waals surface area (Å²) in [5.74, 6) is 0.322. The van der Waals surface area contributed by atoms with Crippen molar-refractivity contribution < 1.29 is 23.9 Å². The van der Waals surface area contributed by atoms with Gasteiger partial charge in [-0.15, -0.1) is 9.42 Å². The van der Waals surface area contributed by atoms with E-state index in [9.17, 15) is 14.5 Å². The lowest BCUT2D eigenvalue weighted by atomic mass is 9.98. The van der Waals surface area contributed by atoms with Crippen molar-refractivity contribution in [2.45, 2.75) is 59.0 Å². The molecule has 0 bridgehead atoms. The Morgan fingerprint density at radius 1 is 1.22 bits per heavy atom. The molecule has 0 aliphatic heterocycles. The van der Waals surface area contributed by atoms with Crippen LogP contribution in [-0.4, -0.2) is 15.8 Å². The fourth-order valence-corrected chi connectivity index (χ4v) is 2.93. The van der Waals surface area contributed by atoms with Crippen LogP contribution in [0.4, 0.5) is 0 Å². The Kier molecular flexibility index (Phi) is 8.38. The molecule has 0 spiro atoms. The second-order valence-corrected chi connectivity index (χ2v) is 6.88. The minimum Gasteiger partial charge on any atom is -0.507 e. The quantitative estimate of drug-likeness (QED) is 0.359. The Morgan fingerprint density at radius 3 is 2.43 bits per heavy atom. The predicted octanol–water partition coefficient (Wildman–Crippen LogP) is 4.91. The zero-order valence-corrected chi connectivity index (χ0v) is 14.9. The first-order valence-corrected chi connectivity index (χ1v) is 9.11. The second kappa shape index (κ2) is 9.76. The Morgan fingerprint density at radius 2 is 1.87 bits per heavy atom. The van der Waals surface area contributed by atoms with Gasteiger partial charge in [-0.2, -0.15) is 0 Å². The minimum absolute atomic E-state index is 0.0923. The van der Waals surface area contributed by atoms with Gasteiger partial charge in [-0.1, -0.05) is 45.6 Å². The van der Waals surface area contributed by atoms with Crippen molar-refractivity contribution in [3.8, 4) is 5.75 Å². The Balaban J connectivity index is 2.75. The van der Waals surface area contributed by atoms with Crippen LogP contribution in [0.3, 0.4) is 0 Å². The Bertz CT molecular complexity index is 542. The van der Waals surface area contributed by atoms with Gasteiger partial charge in [0, 0.05) is 4.57 Å². The molecule has 128 valence electrons. The molecule has 2 atom stereocenters. The number of carbonyl (C=O) groups is 1. The van der Waals surface area contributed by atoms with E-state index in [0.29, 0.717) is 17.9 Å². The molecule has 0 amide bonds. The van der Waals surface area contributed by atoms with Crippen LogP contribution in [0.1, 0.15) is 74.9 Å². The number of unbranched alkanes of at least 4 members (excludes halogenated alkanes) is 2. The van der Waals surface area contributed by atoms with Crippen LogP contribution < -0.4 is 0 Å². The van der Waals surface area contributed by atoms with E-state index < -0.39 is 14.4 Å². The summed E-state index contributed by atoms with van der Waals surface area (Å²) in [5, 5.41) is 9.70. The van der Waals surface area contributed by atoms with Gasteiger partial charge in [0.05, 0.1) is 5.56 Å². The number of carbonyl (C=O) groups excluding carboxylic acids is 1. The highest BCUT2D eigenvalue weighted by atomic mass is 31.1. The number of Topliss-reactive ketones (excluding diaryl/α,β-unsaturated/α-hetero) is 1. The molecular formula is C17H26O5P+. The zero-order chi connectivity index (χ0) is 17.4. The summed E-state index contributed by atoms with van der Waals surface area (Å²) >= 11 is 0. The third-order valence-electron chi connectivity index (χ3n) is 3.74. The number of hydrogen-bond acceptors (Lipinski definition) is 4. The highest BCUT2D eigenvalue weighted by molar-refractivity contribution is 7.32. The van der Waals surface area contributed by atoms with E-state index in [2.05, 4.69) is 13.8 Å². The fraction of sp³-hybridized carbons (Fsp3) is 0.588. The third-order valence-corrected chi connectivity index (χ3v) is 4.17. The van der Waals surface area contributed by atoms with Gasteiger partial charge < -0.3 is 5.11 Å². The molecule has 2 N–H and O–H groups in total. The summed E-state index contributed by atoms with van der Waals surface area (Å²) < 4.78 is 16.2. The molecule has 0 aliphatic rings. The Labute approximate surface area is 138 Å². The molecule has 1 aromatic carbocycles. The number of benzene rings is 1. The van der Waals surface area contributed by atoms with Crippen LogP contribution in [0.5, 0.6) is 5.75 Å². The highest BCUT2D eigenvalue weighted by Crippen LogP contribution is 2.34. The van der Waals surface area contributed by atoms with Gasteiger partial charge in [-0.25, -0.2) is 0 Å². The van der Waals surface area contributed by atoms with Crippen LogP contribution in [-0.2, 0) is 9.09 Å². The van der Waals surface area contributed by atoms with E-state index in [-0.39, 0.29) is 17.1 Å². The van der Waals surface area contributed by atoms with E-state index in [1.54, 1.807) is 6.07 Å². The maximum absolute atomic E-state index is 11.5. The smallest absolute Gasteiger partial charge is 0.507 e. The summed E-state index contributed by atoms with van der Waals surface area (Å²) in [7, 11) is -2.73. The minimum atomic E-state index is -2.73. The number of aromatic hydroxyl groups is 1. The molecular weight excluding hydrogens is 315 g/mol. The first kappa shape index (κ1) is 19.8. The van der Waals surface area contributed by atoms with Crippen molar-refractivity contribution in [1.82, 2.24) is 0 Å². The van der Waals surface area contributed by atoms with Crippen molar-refractivity contribution >= 4 is 14.0 Å². The second-order valence-electron chi connectivity index (χ2n) is 6.20. The first-order valence-electron chi connectivity index (χ1n) is 7.98. The van der Waals surface area contributed by atoms with Crippen LogP contribution >= 0.6 is 8.25 Å². The summed E-state index contributed by atoms with van der Waals surface area (Å²) in [6.07, 6.45) is 4.22. The molecule has 0 aliphatic carbocycles. The summed E-state index contributed by atoms with van der Waals surface area (Å²) in [6, 6.07) is 4.58. The average molecular weight is 341 g/mol. The van der Waals surface area contributed by atoms with Gasteiger partial charge in [-0.3, -0.25) is 4.79 Å². The van der Waals surface area contributed by atoms with Crippen LogP contribution in [0, 0.1) is 5.92 Å². The molecule has 0 heterocycles. The molecule has 1 aromatic rings. The van der Waals surface area contributed by atoms with Gasteiger partial charge in [0.1, 0.15) is 11.9 Å². The normalized spacial score (nSPS) is 13.2. The number of phenols is 1. The van der Waals surface area contributed by atoms with Gasteiger partial charge in [-0.05, 0) is 37.0 Å². The lowest BCUT2D eigenvalue weighted by Gasteiger charge is -2.13. The molecule has 1 rings (SSSR count). The lowest BCUT2D eigenvalue weighted by molar-refractivity contribution is 0.101. The third kappa shape index (κ3) is 7.21. The van der Waals surface area contributed by atoms with Gasteiger partial charge in [0.2, 0.25) is 0 Å². The van der Waals surface area contributed by atoms with E-state index in [0.717, 1.165) is 25.7 Å². The van der Waals surface area contributed by atoms with E-state index in [1.165, 1.54) is 19.1 Å². The van der Waals surface area contributed by atoms with Gasteiger partial charge >= 0.3 is 8.25 Å². The monoisotopic (exact) mass is 341 g/mol. The SMILES string of the molecule is CC(=O)c1cc(C(CCCCCC(C)C)O[P+](=O)O)ccc1O. The molecule has 0 aromatic heterocycles. The number of ketones is 1. The fourth-order valence-electron chi connectivity index (χ4n) is 2.48. The zero-order valence-electron chi connectivity index (χ0n) is 14.0. The number of phenolic OH excluding ortho intramolecular Hbond substituents is 1. The van der Waals surface area contributed by atoms with Gasteiger partial charge in [0.25, 0.3) is 0 Å². The predicted molar refractivity (Wildman–Crippen MR) is 89.7 cm³/mol. The molecule has 5 nitrogen and oxygen atoms in total. The standard InChI is InChI=1S/C17H25O5P/c1-12(2)7-5-4-6-8-17(22-23(20)21)14-9-10-16(19)15(11-14)13(3)18/h9-12,17H,4-8H2,1-3H3,(H-,18,19,20,21)/p+1. The molecule has 0 fully saturated rings. The first-order chi connectivity index (χ1) is 10.8. The van der Waals surface area contributed by atoms with E-state index in [1.807, 2.05) is 0 Å². The van der Waals surface area contributed by atoms with Gasteiger partial charge in [0.15, 0.2) is 5.78 Å². The molecule has 2 unspecified atom stereocenters. The summed E-state index contributed by atoms with van der Waals surface area (Å²) in [4.78, 5) is 20.6. The largest absolute Gasteiger partial charge is 0.695 e. The van der Waals surface area contributed by atoms with Crippen LogP contribution in [0.25, 0.3) is 0 Å². The molecule has 0 saturated carbocycles. The summed E-state index contributed by atoms with van der Waals surface area (Å²) in [5.41, 5.74) is 0.832. The molecule has 23 heavy (non-hydrogen) atoms. The van der Waals surface area contributed by atoms with Crippen LogP contribution in [0.2, 0.25) is 0 Å². The molecule has 0 saturated heterocycles. The van der Waals surface area contributed by atoms with Crippen molar-refractivity contribution in [3.63, 3.8) is 0 Å². The molecule has 6 heteroatoms. The highest BCUT2D eigenvalue weighted by Gasteiger charge is 2.25. The number of hydrogen-bond donors (Lipinski definition) is 2. The molecule has 0 radical (unpaired) electrons. The van der Waals surface area contributed by atoms with Crippen molar-refractivity contribution in [2.75, 3.05) is 0 Å². The topological polar surface area (TPSA) is 83.8 Å². The van der Waals surface area contributed by atoms with Crippen molar-refractivity contribution in [2.24, 2.45) is 5.92 Å². The van der Waals surface area contributed by atoms with Crippen molar-refractivity contribution in [1.29, 1.82) is 0 Å². The maximum atomic E-state index is 11.5. The van der Waals surface area contributed by atoms with Crippen molar-refractivity contribution in [3.05, 3.63) is 29.3 Å². The van der Waals surface area contributed by atoms with Crippen LogP contribution in [0.15, 0.2) is 18.2 Å². The average Bonchev–Trinajstić information content (AvgIpc) is 2.45. The lowest BCUT2D eigenvalue weighted by Crippen LogP contribution is -2.03. The van der Waals surface area contributed by atoms with E-state index in [4.69, 9.17) is 9.42 Å². The van der Waals surface area contributed by atoms with E-state index >= 15 is 0 Å².